The summed E-state index contributed by atoms with van der Waals surface area (Å²) in [6, 6.07) is 28.1. The average molecular weight is 591 g/mol. The van der Waals surface area contributed by atoms with Crippen LogP contribution in [0.2, 0.25) is 10.0 Å². The Kier molecular flexibility index (Phi) is 10.0. The maximum absolute atomic E-state index is 13.2. The third-order valence-electron chi connectivity index (χ3n) is 5.76. The van der Waals surface area contributed by atoms with Crippen molar-refractivity contribution in [2.75, 3.05) is 16.4 Å². The lowest BCUT2D eigenvalue weighted by Gasteiger charge is -2.12. The molecule has 4 aromatic rings. The van der Waals surface area contributed by atoms with Crippen molar-refractivity contribution >= 4 is 70.1 Å². The molecule has 202 valence electrons. The second-order valence-electron chi connectivity index (χ2n) is 8.63. The molecule has 4 rings (SSSR count). The molecule has 0 saturated heterocycles. The van der Waals surface area contributed by atoms with Crippen LogP contribution in [0.5, 0.6) is 0 Å². The Balaban J connectivity index is 1.41. The van der Waals surface area contributed by atoms with Gasteiger partial charge in [-0.2, -0.15) is 0 Å². The molecule has 0 heterocycles. The molecular formula is C31H25Cl2N3O3S. The van der Waals surface area contributed by atoms with E-state index >= 15 is 0 Å². The van der Waals surface area contributed by atoms with Crippen molar-refractivity contribution in [2.45, 2.75) is 11.8 Å². The van der Waals surface area contributed by atoms with Crippen molar-refractivity contribution in [2.24, 2.45) is 0 Å². The summed E-state index contributed by atoms with van der Waals surface area (Å²) in [7, 11) is 0. The minimum atomic E-state index is -0.513. The zero-order chi connectivity index (χ0) is 28.5. The molecule has 0 aliphatic heterocycles. The molecule has 0 atom stereocenters. The number of rotatable bonds is 9. The van der Waals surface area contributed by atoms with Gasteiger partial charge in [-0.25, -0.2) is 0 Å². The third-order valence-corrected chi connectivity index (χ3v) is 7.52. The van der Waals surface area contributed by atoms with Gasteiger partial charge < -0.3 is 16.0 Å². The van der Waals surface area contributed by atoms with Crippen molar-refractivity contribution in [1.82, 2.24) is 5.32 Å². The molecule has 0 unspecified atom stereocenters. The zero-order valence-electron chi connectivity index (χ0n) is 21.4. The number of anilines is 2. The summed E-state index contributed by atoms with van der Waals surface area (Å²) in [5.41, 5.74) is 3.04. The first-order chi connectivity index (χ1) is 19.3. The predicted octanol–water partition coefficient (Wildman–Crippen LogP) is 7.44. The van der Waals surface area contributed by atoms with Crippen molar-refractivity contribution in [1.29, 1.82) is 0 Å². The Labute approximate surface area is 246 Å². The fourth-order valence-electron chi connectivity index (χ4n) is 3.60. The minimum Gasteiger partial charge on any atom is -0.325 e. The first-order valence-electron chi connectivity index (χ1n) is 12.2. The smallest absolute Gasteiger partial charge is 0.272 e. The van der Waals surface area contributed by atoms with Crippen molar-refractivity contribution < 1.29 is 14.4 Å². The zero-order valence-corrected chi connectivity index (χ0v) is 23.7. The third kappa shape index (κ3) is 7.99. The molecule has 0 fully saturated rings. The standard InChI is InChI=1S/C31H25Cl2N3O3S/c1-20-25(32)12-7-13-27(20)35-29(37)19-40-24-16-14-23(15-17-24)34-31(39)28(18-22-10-5-6-11-26(22)33)36-30(38)21-8-3-2-4-9-21/h2-18H,19H2,1H3,(H,34,39)(H,35,37)(H,36,38)/b28-18-. The van der Waals surface area contributed by atoms with E-state index in [1.807, 2.05) is 6.92 Å². The highest BCUT2D eigenvalue weighted by Crippen LogP contribution is 2.25. The van der Waals surface area contributed by atoms with Gasteiger partial charge in [0.1, 0.15) is 5.70 Å². The lowest BCUT2D eigenvalue weighted by molar-refractivity contribution is -0.114. The van der Waals surface area contributed by atoms with Crippen LogP contribution in [0.1, 0.15) is 21.5 Å². The van der Waals surface area contributed by atoms with Gasteiger partial charge in [-0.3, -0.25) is 14.4 Å². The molecule has 0 bridgehead atoms. The topological polar surface area (TPSA) is 87.3 Å². The number of thioether (sulfide) groups is 1. The molecule has 3 amide bonds. The number of benzene rings is 4. The van der Waals surface area contributed by atoms with E-state index in [9.17, 15) is 14.4 Å². The van der Waals surface area contributed by atoms with Gasteiger partial charge in [0, 0.05) is 31.9 Å². The maximum Gasteiger partial charge on any atom is 0.272 e. The molecule has 9 heteroatoms. The Morgan fingerprint density at radius 2 is 1.45 bits per heavy atom. The van der Waals surface area contributed by atoms with Gasteiger partial charge in [0.15, 0.2) is 0 Å². The summed E-state index contributed by atoms with van der Waals surface area (Å²) in [6.07, 6.45) is 1.53. The monoisotopic (exact) mass is 589 g/mol. The number of amides is 3. The van der Waals surface area contributed by atoms with Crippen LogP contribution in [0.4, 0.5) is 11.4 Å². The van der Waals surface area contributed by atoms with E-state index in [0.29, 0.717) is 32.5 Å². The number of carbonyl (C=O) groups is 3. The highest BCUT2D eigenvalue weighted by atomic mass is 35.5. The predicted molar refractivity (Wildman–Crippen MR) is 164 cm³/mol. The van der Waals surface area contributed by atoms with Crippen LogP contribution < -0.4 is 16.0 Å². The normalized spacial score (nSPS) is 11.0. The highest BCUT2D eigenvalue weighted by Gasteiger charge is 2.16. The van der Waals surface area contributed by atoms with Gasteiger partial charge in [-0.15, -0.1) is 11.8 Å². The van der Waals surface area contributed by atoms with E-state index in [1.54, 1.807) is 97.1 Å². The Bertz CT molecular complexity index is 1560. The SMILES string of the molecule is Cc1c(Cl)cccc1NC(=O)CSc1ccc(NC(=O)/C(=C/c2ccccc2Cl)NC(=O)c2ccccc2)cc1. The van der Waals surface area contributed by atoms with Crippen molar-refractivity contribution in [3.05, 3.63) is 129 Å². The summed E-state index contributed by atoms with van der Waals surface area (Å²) in [5, 5.41) is 9.41. The average Bonchev–Trinajstić information content (AvgIpc) is 2.96. The summed E-state index contributed by atoms with van der Waals surface area (Å²) >= 11 is 13.8. The highest BCUT2D eigenvalue weighted by molar-refractivity contribution is 8.00. The largest absolute Gasteiger partial charge is 0.325 e. The van der Waals surface area contributed by atoms with Crippen LogP contribution in [0, 0.1) is 6.92 Å². The molecule has 0 aliphatic carbocycles. The van der Waals surface area contributed by atoms with Gasteiger partial charge in [-0.1, -0.05) is 65.7 Å². The molecular weight excluding hydrogens is 565 g/mol. The fourth-order valence-corrected chi connectivity index (χ4v) is 4.66. The van der Waals surface area contributed by atoms with E-state index in [2.05, 4.69) is 16.0 Å². The van der Waals surface area contributed by atoms with E-state index in [4.69, 9.17) is 23.2 Å². The second kappa shape index (κ2) is 13.8. The molecule has 0 spiro atoms. The van der Waals surface area contributed by atoms with Crippen molar-refractivity contribution in [3.8, 4) is 0 Å². The molecule has 0 saturated carbocycles. The lowest BCUT2D eigenvalue weighted by atomic mass is 10.1. The summed E-state index contributed by atoms with van der Waals surface area (Å²) in [6.45, 7) is 1.85. The van der Waals surface area contributed by atoms with Crippen LogP contribution in [-0.2, 0) is 9.59 Å². The summed E-state index contributed by atoms with van der Waals surface area (Å²) in [5.74, 6) is -0.891. The van der Waals surface area contributed by atoms with Crippen LogP contribution in [0.25, 0.3) is 6.08 Å². The number of hydrogen-bond acceptors (Lipinski definition) is 4. The molecule has 0 aliphatic rings. The Morgan fingerprint density at radius 3 is 2.17 bits per heavy atom. The molecule has 0 aromatic heterocycles. The number of carbonyl (C=O) groups excluding carboxylic acids is 3. The summed E-state index contributed by atoms with van der Waals surface area (Å²) < 4.78 is 0. The van der Waals surface area contributed by atoms with Crippen LogP contribution in [-0.4, -0.2) is 23.5 Å². The Morgan fingerprint density at radius 1 is 0.775 bits per heavy atom. The van der Waals surface area contributed by atoms with Crippen LogP contribution >= 0.6 is 35.0 Å². The first kappa shape index (κ1) is 29.0. The fraction of sp³-hybridized carbons (Fsp3) is 0.0645. The van der Waals surface area contributed by atoms with E-state index < -0.39 is 11.8 Å². The maximum atomic E-state index is 13.2. The second-order valence-corrected chi connectivity index (χ2v) is 10.5. The number of nitrogens with one attached hydrogen (secondary N) is 3. The lowest BCUT2D eigenvalue weighted by Crippen LogP contribution is -2.30. The number of hydrogen-bond donors (Lipinski definition) is 3. The van der Waals surface area contributed by atoms with E-state index in [0.717, 1.165) is 10.5 Å². The van der Waals surface area contributed by atoms with Gasteiger partial charge in [-0.05, 0) is 78.7 Å². The summed E-state index contributed by atoms with van der Waals surface area (Å²) in [4.78, 5) is 39.3. The first-order valence-corrected chi connectivity index (χ1v) is 14.0. The molecule has 6 nitrogen and oxygen atoms in total. The van der Waals surface area contributed by atoms with Crippen LogP contribution in [0.3, 0.4) is 0 Å². The van der Waals surface area contributed by atoms with Crippen LogP contribution in [0.15, 0.2) is 108 Å². The van der Waals surface area contributed by atoms with E-state index in [-0.39, 0.29) is 17.4 Å². The molecule has 3 N–H and O–H groups in total. The Hall–Kier alpha value is -4.04. The number of halogens is 2. The quantitative estimate of drug-likeness (QED) is 0.140. The van der Waals surface area contributed by atoms with E-state index in [1.165, 1.54) is 17.8 Å². The van der Waals surface area contributed by atoms with Gasteiger partial charge in [0.2, 0.25) is 5.91 Å². The van der Waals surface area contributed by atoms with Crippen molar-refractivity contribution in [3.63, 3.8) is 0 Å². The molecule has 4 aromatic carbocycles. The molecule has 40 heavy (non-hydrogen) atoms. The van der Waals surface area contributed by atoms with Gasteiger partial charge >= 0.3 is 0 Å². The molecule has 0 radical (unpaired) electrons. The van der Waals surface area contributed by atoms with Gasteiger partial charge in [0.25, 0.3) is 11.8 Å². The minimum absolute atomic E-state index is 0.0355. The van der Waals surface area contributed by atoms with Gasteiger partial charge in [0.05, 0.1) is 5.75 Å².